The third-order valence-electron chi connectivity index (χ3n) is 3.27. The summed E-state index contributed by atoms with van der Waals surface area (Å²) in [6.45, 7) is 1.48. The number of hydrogen-bond acceptors (Lipinski definition) is 2. The fourth-order valence-electron chi connectivity index (χ4n) is 2.24. The molecule has 23 heavy (non-hydrogen) atoms. The molecule has 3 aromatic rings. The summed E-state index contributed by atoms with van der Waals surface area (Å²) in [5, 5.41) is 3.72. The molecule has 0 saturated carbocycles. The minimum Gasteiger partial charge on any atom is -0.324 e. The van der Waals surface area contributed by atoms with Crippen molar-refractivity contribution < 1.29 is 4.79 Å². The third kappa shape index (κ3) is 3.58. The summed E-state index contributed by atoms with van der Waals surface area (Å²) in [5.74, 6) is 6.22. The predicted molar refractivity (Wildman–Crippen MR) is 96.2 cm³/mol. The highest BCUT2D eigenvalue weighted by molar-refractivity contribution is 9.10. The number of fused-ring (bicyclic) bond motifs is 1. The van der Waals surface area contributed by atoms with Crippen LogP contribution in [-0.4, -0.2) is 10.9 Å². The Labute approximate surface area is 142 Å². The van der Waals surface area contributed by atoms with Gasteiger partial charge in [0.1, 0.15) is 0 Å². The molecule has 2 aromatic carbocycles. The first-order valence-electron chi connectivity index (χ1n) is 7.06. The Balaban J connectivity index is 2.06. The van der Waals surface area contributed by atoms with E-state index in [9.17, 15) is 4.79 Å². The van der Waals surface area contributed by atoms with Crippen LogP contribution >= 0.6 is 15.9 Å². The minimum absolute atomic E-state index is 0.120. The third-order valence-corrected chi connectivity index (χ3v) is 3.79. The lowest BCUT2D eigenvalue weighted by molar-refractivity contribution is -0.114. The molecule has 0 spiro atoms. The van der Waals surface area contributed by atoms with Gasteiger partial charge in [-0.05, 0) is 48.5 Å². The van der Waals surface area contributed by atoms with Crippen molar-refractivity contribution in [2.45, 2.75) is 6.92 Å². The van der Waals surface area contributed by atoms with E-state index in [0.717, 1.165) is 26.5 Å². The zero-order valence-corrected chi connectivity index (χ0v) is 14.0. The van der Waals surface area contributed by atoms with Gasteiger partial charge in [0.25, 0.3) is 0 Å². The molecule has 0 atom stereocenters. The number of amides is 1. The van der Waals surface area contributed by atoms with E-state index in [1.54, 1.807) is 6.20 Å². The highest BCUT2D eigenvalue weighted by atomic mass is 79.9. The quantitative estimate of drug-likeness (QED) is 0.652. The topological polar surface area (TPSA) is 42.0 Å². The number of halogens is 1. The van der Waals surface area contributed by atoms with Gasteiger partial charge in [0.15, 0.2) is 0 Å². The lowest BCUT2D eigenvalue weighted by atomic mass is 10.1. The number of nitrogens with zero attached hydrogens (tertiary/aromatic N) is 1. The predicted octanol–water partition coefficient (Wildman–Crippen LogP) is 4.36. The van der Waals surface area contributed by atoms with Crippen molar-refractivity contribution in [1.29, 1.82) is 0 Å². The number of rotatable bonds is 1. The first kappa shape index (κ1) is 15.3. The molecule has 112 valence electrons. The fraction of sp³-hybridized carbons (Fsp3) is 0.0526. The van der Waals surface area contributed by atoms with E-state index in [4.69, 9.17) is 0 Å². The first-order valence-corrected chi connectivity index (χ1v) is 7.86. The number of hydrogen-bond donors (Lipinski definition) is 1. The van der Waals surface area contributed by atoms with Gasteiger partial charge < -0.3 is 5.32 Å². The van der Waals surface area contributed by atoms with E-state index < -0.39 is 0 Å². The Kier molecular flexibility index (Phi) is 4.40. The minimum atomic E-state index is -0.120. The number of anilines is 1. The lowest BCUT2D eigenvalue weighted by Gasteiger charge is -2.07. The Morgan fingerprint density at radius 1 is 1.09 bits per heavy atom. The molecule has 1 N–H and O–H groups in total. The molecule has 0 saturated heterocycles. The van der Waals surface area contributed by atoms with Crippen LogP contribution in [0.1, 0.15) is 18.1 Å². The normalized spacial score (nSPS) is 10.0. The van der Waals surface area contributed by atoms with E-state index in [1.807, 2.05) is 48.5 Å². The maximum atomic E-state index is 11.3. The van der Waals surface area contributed by atoms with E-state index in [0.29, 0.717) is 5.69 Å². The van der Waals surface area contributed by atoms with Gasteiger partial charge in [-0.1, -0.05) is 27.8 Å². The monoisotopic (exact) mass is 364 g/mol. The number of carbonyl (C=O) groups is 1. The molecule has 0 bridgehead atoms. The van der Waals surface area contributed by atoms with Crippen molar-refractivity contribution in [3.8, 4) is 11.8 Å². The van der Waals surface area contributed by atoms with Gasteiger partial charge in [0, 0.05) is 34.1 Å². The van der Waals surface area contributed by atoms with Crippen LogP contribution < -0.4 is 5.32 Å². The van der Waals surface area contributed by atoms with Crippen LogP contribution in [0, 0.1) is 11.8 Å². The highest BCUT2D eigenvalue weighted by Crippen LogP contribution is 2.24. The van der Waals surface area contributed by atoms with E-state index in [1.165, 1.54) is 6.92 Å². The molecular weight excluding hydrogens is 352 g/mol. The van der Waals surface area contributed by atoms with E-state index >= 15 is 0 Å². The molecule has 1 amide bonds. The van der Waals surface area contributed by atoms with Crippen molar-refractivity contribution in [2.24, 2.45) is 0 Å². The van der Waals surface area contributed by atoms with Crippen molar-refractivity contribution in [3.63, 3.8) is 0 Å². The Morgan fingerprint density at radius 3 is 2.61 bits per heavy atom. The Bertz CT molecular complexity index is 937. The summed E-state index contributed by atoms with van der Waals surface area (Å²) in [6.07, 6.45) is 1.71. The van der Waals surface area contributed by atoms with Gasteiger partial charge in [0.2, 0.25) is 5.91 Å². The molecule has 1 aromatic heterocycles. The van der Waals surface area contributed by atoms with Crippen molar-refractivity contribution in [3.05, 3.63) is 70.3 Å². The summed E-state index contributed by atoms with van der Waals surface area (Å²) in [5.41, 5.74) is 3.26. The fourth-order valence-corrected chi connectivity index (χ4v) is 2.51. The van der Waals surface area contributed by atoms with E-state index in [2.05, 4.69) is 38.1 Å². The second-order valence-corrected chi connectivity index (χ2v) is 5.91. The molecule has 1 heterocycles. The van der Waals surface area contributed by atoms with Crippen LogP contribution in [0.4, 0.5) is 5.69 Å². The molecule has 0 aliphatic rings. The summed E-state index contributed by atoms with van der Waals surface area (Å²) in [6, 6.07) is 15.4. The van der Waals surface area contributed by atoms with Crippen molar-refractivity contribution in [1.82, 2.24) is 4.98 Å². The van der Waals surface area contributed by atoms with Gasteiger partial charge >= 0.3 is 0 Å². The maximum absolute atomic E-state index is 11.3. The average Bonchev–Trinajstić information content (AvgIpc) is 2.55. The van der Waals surface area contributed by atoms with Gasteiger partial charge in [-0.15, -0.1) is 0 Å². The van der Waals surface area contributed by atoms with Crippen LogP contribution in [0.5, 0.6) is 0 Å². The maximum Gasteiger partial charge on any atom is 0.221 e. The summed E-state index contributed by atoms with van der Waals surface area (Å²) in [4.78, 5) is 15.7. The van der Waals surface area contributed by atoms with Crippen LogP contribution in [0.15, 0.2) is 59.2 Å². The molecular formula is C19H13BrN2O. The SMILES string of the molecule is CC(=O)Nc1ccc(C#Cc2ccc(Br)cc2)c2cccnc12. The summed E-state index contributed by atoms with van der Waals surface area (Å²) < 4.78 is 1.03. The molecule has 3 nitrogen and oxygen atoms in total. The van der Waals surface area contributed by atoms with Crippen LogP contribution in [0.25, 0.3) is 10.9 Å². The Hall–Kier alpha value is -2.64. The van der Waals surface area contributed by atoms with Crippen LogP contribution in [0.3, 0.4) is 0 Å². The first-order chi connectivity index (χ1) is 11.1. The van der Waals surface area contributed by atoms with Crippen molar-refractivity contribution >= 4 is 38.4 Å². The largest absolute Gasteiger partial charge is 0.324 e. The van der Waals surface area contributed by atoms with Crippen molar-refractivity contribution in [2.75, 3.05) is 5.32 Å². The van der Waals surface area contributed by atoms with Crippen LogP contribution in [0.2, 0.25) is 0 Å². The molecule has 0 unspecified atom stereocenters. The smallest absolute Gasteiger partial charge is 0.221 e. The molecule has 0 aliphatic heterocycles. The zero-order chi connectivity index (χ0) is 16.2. The van der Waals surface area contributed by atoms with Crippen LogP contribution in [-0.2, 0) is 4.79 Å². The standard InChI is InChI=1S/C19H13BrN2O/c1-13(23)22-18-11-8-15(17-3-2-12-21-19(17)18)7-4-14-5-9-16(20)10-6-14/h2-3,5-6,8-12H,1H3,(H,22,23). The number of carbonyl (C=O) groups excluding carboxylic acids is 1. The number of pyridine rings is 1. The molecule has 0 radical (unpaired) electrons. The molecule has 0 aliphatic carbocycles. The van der Waals surface area contributed by atoms with Gasteiger partial charge in [-0.3, -0.25) is 9.78 Å². The number of nitrogens with one attached hydrogen (secondary N) is 1. The molecule has 4 heteroatoms. The zero-order valence-electron chi connectivity index (χ0n) is 12.4. The second-order valence-electron chi connectivity index (χ2n) is 5.00. The number of benzene rings is 2. The van der Waals surface area contributed by atoms with Gasteiger partial charge in [-0.2, -0.15) is 0 Å². The second kappa shape index (κ2) is 6.64. The van der Waals surface area contributed by atoms with E-state index in [-0.39, 0.29) is 5.91 Å². The lowest BCUT2D eigenvalue weighted by Crippen LogP contribution is -2.06. The molecule has 3 rings (SSSR count). The summed E-state index contributed by atoms with van der Waals surface area (Å²) >= 11 is 3.41. The highest BCUT2D eigenvalue weighted by Gasteiger charge is 2.06. The average molecular weight is 365 g/mol. The summed E-state index contributed by atoms with van der Waals surface area (Å²) in [7, 11) is 0. The number of aromatic nitrogens is 1. The Morgan fingerprint density at radius 2 is 1.87 bits per heavy atom. The van der Waals surface area contributed by atoms with Gasteiger partial charge in [0.05, 0.1) is 11.2 Å². The molecule has 0 fully saturated rings. The van der Waals surface area contributed by atoms with Gasteiger partial charge in [-0.25, -0.2) is 0 Å².